The number of carbonyl (C=O) groups excluding carboxylic acids is 2. The van der Waals surface area contributed by atoms with Gasteiger partial charge in [0.2, 0.25) is 0 Å². The fraction of sp³-hybridized carbons (Fsp3) is 0.269. The van der Waals surface area contributed by atoms with Crippen molar-refractivity contribution < 1.29 is 18.4 Å². The summed E-state index contributed by atoms with van der Waals surface area (Å²) >= 11 is 0. The predicted molar refractivity (Wildman–Crippen MR) is 122 cm³/mol. The van der Waals surface area contributed by atoms with Crippen molar-refractivity contribution in [3.63, 3.8) is 0 Å². The van der Waals surface area contributed by atoms with Crippen LogP contribution in [0.2, 0.25) is 0 Å². The molecule has 1 aliphatic rings. The number of nitrogens with one attached hydrogen (secondary N) is 1. The van der Waals surface area contributed by atoms with Crippen molar-refractivity contribution in [1.29, 1.82) is 0 Å². The summed E-state index contributed by atoms with van der Waals surface area (Å²) in [6, 6.07) is 14.0. The number of likely N-dealkylation sites (tertiary alicyclic amines) is 1. The van der Waals surface area contributed by atoms with Crippen LogP contribution >= 0.6 is 0 Å². The molecular formula is C26H25F2N3O2. The smallest absolute Gasteiger partial charge is 0.257 e. The first-order chi connectivity index (χ1) is 15.8. The average molecular weight is 450 g/mol. The standard InChI is InChI=1S/C26H25F2N3O2/c1-16-3-6-22(7-4-16)30-25(32)23-8-5-17(2)29-24(23)18-9-11-31(12-10-18)26(33)19-13-20(27)15-21(28)14-19/h3-8,13-15,18H,9-12H2,1-2H3,(H,30,32). The van der Waals surface area contributed by atoms with Crippen LogP contribution in [0.3, 0.4) is 0 Å². The zero-order valence-corrected chi connectivity index (χ0v) is 18.6. The number of halogens is 2. The molecule has 0 saturated carbocycles. The number of nitrogens with zero attached hydrogens (tertiary/aromatic N) is 2. The first kappa shape index (κ1) is 22.6. The molecule has 0 radical (unpaired) electrons. The third-order valence-corrected chi connectivity index (χ3v) is 5.90. The van der Waals surface area contributed by atoms with Crippen molar-refractivity contribution in [2.45, 2.75) is 32.6 Å². The van der Waals surface area contributed by atoms with E-state index >= 15 is 0 Å². The molecule has 7 heteroatoms. The number of aromatic nitrogens is 1. The van der Waals surface area contributed by atoms with E-state index in [0.29, 0.717) is 42.9 Å². The third-order valence-electron chi connectivity index (χ3n) is 5.90. The van der Waals surface area contributed by atoms with Gasteiger partial charge in [-0.2, -0.15) is 0 Å². The number of carbonyl (C=O) groups is 2. The molecule has 5 nitrogen and oxygen atoms in total. The van der Waals surface area contributed by atoms with Crippen LogP contribution < -0.4 is 5.32 Å². The van der Waals surface area contributed by atoms with Crippen molar-refractivity contribution >= 4 is 17.5 Å². The van der Waals surface area contributed by atoms with Gasteiger partial charge in [0.1, 0.15) is 11.6 Å². The molecular weight excluding hydrogens is 424 g/mol. The molecule has 4 rings (SSSR count). The summed E-state index contributed by atoms with van der Waals surface area (Å²) in [4.78, 5) is 32.0. The van der Waals surface area contributed by atoms with Crippen LogP contribution in [0.4, 0.5) is 14.5 Å². The second-order valence-corrected chi connectivity index (χ2v) is 8.43. The van der Waals surface area contributed by atoms with Crippen LogP contribution in [-0.4, -0.2) is 34.8 Å². The van der Waals surface area contributed by atoms with Gasteiger partial charge < -0.3 is 10.2 Å². The van der Waals surface area contributed by atoms with Crippen molar-refractivity contribution in [2.24, 2.45) is 0 Å². The summed E-state index contributed by atoms with van der Waals surface area (Å²) in [5.41, 5.74) is 3.85. The Kier molecular flexibility index (Phi) is 6.49. The van der Waals surface area contributed by atoms with Gasteiger partial charge in [-0.25, -0.2) is 8.78 Å². The number of rotatable bonds is 4. The number of amides is 2. The molecule has 0 unspecified atom stereocenters. The van der Waals surface area contributed by atoms with Gasteiger partial charge in [-0.05, 0) is 63.1 Å². The maximum atomic E-state index is 13.5. The molecule has 0 aliphatic carbocycles. The Morgan fingerprint density at radius 3 is 2.21 bits per heavy atom. The normalized spacial score (nSPS) is 14.2. The Hall–Kier alpha value is -3.61. The lowest BCUT2D eigenvalue weighted by molar-refractivity contribution is 0.0710. The van der Waals surface area contributed by atoms with Gasteiger partial charge in [0.05, 0.1) is 11.3 Å². The first-order valence-corrected chi connectivity index (χ1v) is 10.9. The fourth-order valence-corrected chi connectivity index (χ4v) is 4.13. The molecule has 2 amide bonds. The Balaban J connectivity index is 1.48. The van der Waals surface area contributed by atoms with Gasteiger partial charge >= 0.3 is 0 Å². The lowest BCUT2D eigenvalue weighted by Crippen LogP contribution is -2.38. The van der Waals surface area contributed by atoms with E-state index in [1.807, 2.05) is 44.2 Å². The Morgan fingerprint density at radius 1 is 0.939 bits per heavy atom. The van der Waals surface area contributed by atoms with Gasteiger partial charge in [0, 0.05) is 42.0 Å². The third kappa shape index (κ3) is 5.25. The number of hydrogen-bond acceptors (Lipinski definition) is 3. The van der Waals surface area contributed by atoms with Crippen LogP contribution in [0, 0.1) is 25.5 Å². The molecule has 1 aliphatic heterocycles. The van der Waals surface area contributed by atoms with Gasteiger partial charge in [-0.15, -0.1) is 0 Å². The van der Waals surface area contributed by atoms with E-state index in [1.165, 1.54) is 0 Å². The lowest BCUT2D eigenvalue weighted by Gasteiger charge is -2.32. The largest absolute Gasteiger partial charge is 0.339 e. The molecule has 1 saturated heterocycles. The minimum Gasteiger partial charge on any atom is -0.339 e. The van der Waals surface area contributed by atoms with E-state index in [0.717, 1.165) is 29.5 Å². The van der Waals surface area contributed by atoms with Crippen molar-refractivity contribution in [1.82, 2.24) is 9.88 Å². The van der Waals surface area contributed by atoms with Crippen molar-refractivity contribution in [3.05, 3.63) is 94.3 Å². The van der Waals surface area contributed by atoms with Crippen LogP contribution in [0.1, 0.15) is 56.4 Å². The molecule has 2 heterocycles. The van der Waals surface area contributed by atoms with E-state index in [1.54, 1.807) is 11.0 Å². The minimum atomic E-state index is -0.776. The summed E-state index contributed by atoms with van der Waals surface area (Å²) in [6.07, 6.45) is 1.20. The summed E-state index contributed by atoms with van der Waals surface area (Å²) in [5, 5.41) is 2.93. The molecule has 170 valence electrons. The Morgan fingerprint density at radius 2 is 1.58 bits per heavy atom. The highest BCUT2D eigenvalue weighted by Crippen LogP contribution is 2.30. The summed E-state index contributed by atoms with van der Waals surface area (Å²) in [6.45, 7) is 4.68. The first-order valence-electron chi connectivity index (χ1n) is 10.9. The monoisotopic (exact) mass is 449 g/mol. The molecule has 1 aromatic heterocycles. The number of hydrogen-bond donors (Lipinski definition) is 1. The van der Waals surface area contributed by atoms with E-state index in [-0.39, 0.29) is 17.4 Å². The van der Waals surface area contributed by atoms with Crippen LogP contribution in [0.5, 0.6) is 0 Å². The number of anilines is 1. The predicted octanol–water partition coefficient (Wildman–Crippen LogP) is 5.25. The topological polar surface area (TPSA) is 62.3 Å². The number of benzene rings is 2. The second-order valence-electron chi connectivity index (χ2n) is 8.43. The molecule has 0 bridgehead atoms. The Labute approximate surface area is 191 Å². The number of pyridine rings is 1. The summed E-state index contributed by atoms with van der Waals surface area (Å²) in [5.74, 6) is -2.18. The van der Waals surface area contributed by atoms with E-state index in [9.17, 15) is 18.4 Å². The van der Waals surface area contributed by atoms with E-state index < -0.39 is 17.5 Å². The van der Waals surface area contributed by atoms with Crippen LogP contribution in [0.25, 0.3) is 0 Å². The zero-order valence-electron chi connectivity index (χ0n) is 18.6. The SMILES string of the molecule is Cc1ccc(NC(=O)c2ccc(C)nc2C2CCN(C(=O)c3cc(F)cc(F)c3)CC2)cc1. The maximum Gasteiger partial charge on any atom is 0.257 e. The highest BCUT2D eigenvalue weighted by molar-refractivity contribution is 6.05. The molecule has 1 N–H and O–H groups in total. The molecule has 33 heavy (non-hydrogen) atoms. The molecule has 1 fully saturated rings. The minimum absolute atomic E-state index is 0.00204. The lowest BCUT2D eigenvalue weighted by atomic mass is 9.89. The molecule has 0 atom stereocenters. The van der Waals surface area contributed by atoms with Crippen LogP contribution in [-0.2, 0) is 0 Å². The maximum absolute atomic E-state index is 13.5. The van der Waals surface area contributed by atoms with Gasteiger partial charge in [0.25, 0.3) is 11.8 Å². The van der Waals surface area contributed by atoms with Crippen LogP contribution in [0.15, 0.2) is 54.6 Å². The molecule has 0 spiro atoms. The highest BCUT2D eigenvalue weighted by Gasteiger charge is 2.28. The zero-order chi connectivity index (χ0) is 23.5. The van der Waals surface area contributed by atoms with E-state index in [2.05, 4.69) is 10.3 Å². The number of aryl methyl sites for hydroxylation is 2. The average Bonchev–Trinajstić information content (AvgIpc) is 2.79. The fourth-order valence-electron chi connectivity index (χ4n) is 4.13. The molecule has 3 aromatic rings. The molecule has 2 aromatic carbocycles. The highest BCUT2D eigenvalue weighted by atomic mass is 19.1. The van der Waals surface area contributed by atoms with Gasteiger partial charge in [-0.1, -0.05) is 17.7 Å². The summed E-state index contributed by atoms with van der Waals surface area (Å²) in [7, 11) is 0. The summed E-state index contributed by atoms with van der Waals surface area (Å²) < 4.78 is 27.0. The Bertz CT molecular complexity index is 1170. The quantitative estimate of drug-likeness (QED) is 0.592. The number of piperidine rings is 1. The van der Waals surface area contributed by atoms with Crippen molar-refractivity contribution in [2.75, 3.05) is 18.4 Å². The van der Waals surface area contributed by atoms with Crippen molar-refractivity contribution in [3.8, 4) is 0 Å². The van der Waals surface area contributed by atoms with Gasteiger partial charge in [-0.3, -0.25) is 14.6 Å². The van der Waals surface area contributed by atoms with Gasteiger partial charge in [0.15, 0.2) is 0 Å². The van der Waals surface area contributed by atoms with E-state index in [4.69, 9.17) is 0 Å². The second kappa shape index (κ2) is 9.48.